The van der Waals surface area contributed by atoms with Crippen molar-refractivity contribution in [1.29, 1.82) is 0 Å². The van der Waals surface area contributed by atoms with Gasteiger partial charge >= 0.3 is 0 Å². The zero-order valence-corrected chi connectivity index (χ0v) is 12.7. The smallest absolute Gasteiger partial charge is 0.228 e. The molecule has 0 radical (unpaired) electrons. The third kappa shape index (κ3) is 2.79. The van der Waals surface area contributed by atoms with Crippen LogP contribution < -0.4 is 9.40 Å². The summed E-state index contributed by atoms with van der Waals surface area (Å²) in [7, 11) is 0.533. The summed E-state index contributed by atoms with van der Waals surface area (Å²) in [4.78, 5) is 2.01. The molecule has 1 N–H and O–H groups in total. The number of imidazole rings is 1. The number of nitrogens with zero attached hydrogens (tertiary/aromatic N) is 4. The van der Waals surface area contributed by atoms with Crippen LogP contribution in [0.1, 0.15) is 18.8 Å². The van der Waals surface area contributed by atoms with Crippen LogP contribution in [0.25, 0.3) is 11.0 Å². The monoisotopic (exact) mass is 296 g/mol. The molecule has 0 saturated carbocycles. The van der Waals surface area contributed by atoms with Crippen molar-refractivity contribution in [3.05, 3.63) is 30.1 Å². The molecule has 0 aliphatic carbocycles. The Kier molecular flexibility index (Phi) is 3.76. The maximum absolute atomic E-state index is 10.9. The lowest BCUT2D eigenvalue weighted by Crippen LogP contribution is -2.33. The van der Waals surface area contributed by atoms with E-state index >= 15 is 0 Å². The first-order chi connectivity index (χ1) is 9.31. The summed E-state index contributed by atoms with van der Waals surface area (Å²) in [6.45, 7) is 1.86. The van der Waals surface area contributed by atoms with Crippen molar-refractivity contribution in [3.8, 4) is 0 Å². The molecular formula is C12H18N5O2S+. The van der Waals surface area contributed by atoms with Crippen molar-refractivity contribution in [2.75, 3.05) is 6.26 Å². The van der Waals surface area contributed by atoms with Crippen molar-refractivity contribution < 1.29 is 13.0 Å². The molecule has 7 nitrogen and oxygen atoms in total. The number of rotatable bonds is 4. The maximum Gasteiger partial charge on any atom is 0.283 e. The molecule has 0 aliphatic heterocycles. The van der Waals surface area contributed by atoms with E-state index in [1.165, 1.54) is 0 Å². The van der Waals surface area contributed by atoms with Crippen LogP contribution in [0.5, 0.6) is 0 Å². The molecule has 0 amide bonds. The van der Waals surface area contributed by atoms with E-state index in [2.05, 4.69) is 10.3 Å². The van der Waals surface area contributed by atoms with E-state index in [-0.39, 0.29) is 6.04 Å². The molecule has 20 heavy (non-hydrogen) atoms. The molecule has 0 spiro atoms. The number of fused-ring (bicyclic) bond motifs is 1. The molecule has 1 aromatic heterocycles. The number of nitrogens with one attached hydrogen (secondary N) is 1. The average Bonchev–Trinajstić information content (AvgIpc) is 2.61. The Balaban J connectivity index is 2.38. The SMILES string of the molecule is CC(N=NNS(C)(=O)=O)c1n(C)c2ccccc2[n+]1C. The predicted octanol–water partition coefficient (Wildman–Crippen LogP) is 0.980. The fraction of sp³-hybridized carbons (Fsp3) is 0.417. The van der Waals surface area contributed by atoms with Gasteiger partial charge in [-0.2, -0.15) is 9.95 Å². The molecule has 1 atom stereocenters. The zero-order valence-electron chi connectivity index (χ0n) is 11.9. The van der Waals surface area contributed by atoms with Crippen molar-refractivity contribution in [3.63, 3.8) is 0 Å². The Labute approximate surface area is 118 Å². The number of benzene rings is 1. The Bertz CT molecular complexity index is 724. The summed E-state index contributed by atoms with van der Waals surface area (Å²) in [5, 5.41) is 7.52. The van der Waals surface area contributed by atoms with E-state index in [4.69, 9.17) is 0 Å². The van der Waals surface area contributed by atoms with Gasteiger partial charge in [0.25, 0.3) is 5.82 Å². The lowest BCUT2D eigenvalue weighted by atomic mass is 10.3. The van der Waals surface area contributed by atoms with Crippen LogP contribution in [-0.2, 0) is 24.1 Å². The minimum Gasteiger partial charge on any atom is -0.228 e. The highest BCUT2D eigenvalue weighted by molar-refractivity contribution is 7.88. The largest absolute Gasteiger partial charge is 0.283 e. The Hall–Kier alpha value is -1.96. The molecule has 0 bridgehead atoms. The van der Waals surface area contributed by atoms with Crippen LogP contribution in [0.4, 0.5) is 0 Å². The topological polar surface area (TPSA) is 79.7 Å². The normalized spacial score (nSPS) is 14.0. The van der Waals surface area contributed by atoms with Crippen LogP contribution in [-0.4, -0.2) is 19.2 Å². The fourth-order valence-corrected chi connectivity index (χ4v) is 2.50. The van der Waals surface area contributed by atoms with E-state index in [9.17, 15) is 8.42 Å². The van der Waals surface area contributed by atoms with E-state index < -0.39 is 10.0 Å². The molecular weight excluding hydrogens is 278 g/mol. The van der Waals surface area contributed by atoms with Gasteiger partial charge in [0.15, 0.2) is 17.1 Å². The van der Waals surface area contributed by atoms with Crippen molar-refractivity contribution in [1.82, 2.24) is 9.40 Å². The van der Waals surface area contributed by atoms with Crippen LogP contribution in [0.2, 0.25) is 0 Å². The summed E-state index contributed by atoms with van der Waals surface area (Å²) in [6, 6.07) is 7.73. The van der Waals surface area contributed by atoms with Crippen molar-refractivity contribution in [2.45, 2.75) is 13.0 Å². The lowest BCUT2D eigenvalue weighted by Gasteiger charge is -2.02. The van der Waals surface area contributed by atoms with Crippen LogP contribution in [0.15, 0.2) is 34.6 Å². The van der Waals surface area contributed by atoms with Gasteiger partial charge in [-0.25, -0.2) is 17.6 Å². The van der Waals surface area contributed by atoms with Crippen LogP contribution in [0.3, 0.4) is 0 Å². The van der Waals surface area contributed by atoms with Gasteiger partial charge < -0.3 is 0 Å². The molecule has 1 unspecified atom stereocenters. The number of aromatic nitrogens is 2. The third-order valence-electron chi connectivity index (χ3n) is 3.10. The average molecular weight is 296 g/mol. The number of para-hydroxylation sites is 2. The molecule has 0 aliphatic rings. The molecule has 1 heterocycles. The molecule has 8 heteroatoms. The zero-order chi connectivity index (χ0) is 14.9. The van der Waals surface area contributed by atoms with Crippen molar-refractivity contribution in [2.24, 2.45) is 24.4 Å². The summed E-state index contributed by atoms with van der Waals surface area (Å²) in [6.07, 6.45) is 1.04. The van der Waals surface area contributed by atoms with E-state index in [1.54, 1.807) is 0 Å². The Morgan fingerprint density at radius 3 is 2.60 bits per heavy atom. The predicted molar refractivity (Wildman–Crippen MR) is 75.3 cm³/mol. The fourth-order valence-electron chi connectivity index (χ4n) is 2.30. The lowest BCUT2D eigenvalue weighted by molar-refractivity contribution is -0.655. The third-order valence-corrected chi connectivity index (χ3v) is 3.52. The molecule has 2 rings (SSSR count). The first-order valence-corrected chi connectivity index (χ1v) is 8.00. The van der Waals surface area contributed by atoms with Gasteiger partial charge in [-0.15, -0.1) is 0 Å². The Morgan fingerprint density at radius 1 is 1.35 bits per heavy atom. The number of sulfonamides is 1. The van der Waals surface area contributed by atoms with Gasteiger partial charge in [0, 0.05) is 0 Å². The molecule has 108 valence electrons. The first-order valence-electron chi connectivity index (χ1n) is 6.11. The Morgan fingerprint density at radius 2 is 2.00 bits per heavy atom. The molecule has 0 saturated heterocycles. The second-order valence-electron chi connectivity index (χ2n) is 4.72. The van der Waals surface area contributed by atoms with Gasteiger partial charge in [-0.1, -0.05) is 17.4 Å². The van der Waals surface area contributed by atoms with Gasteiger partial charge in [0.2, 0.25) is 10.0 Å². The molecule has 2 aromatic rings. The number of hydrogen-bond donors (Lipinski definition) is 1. The highest BCUT2D eigenvalue weighted by Crippen LogP contribution is 2.19. The van der Waals surface area contributed by atoms with Gasteiger partial charge in [-0.05, 0) is 19.1 Å². The number of hydrogen-bond acceptors (Lipinski definition) is 4. The van der Waals surface area contributed by atoms with Crippen molar-refractivity contribution >= 4 is 21.1 Å². The maximum atomic E-state index is 10.9. The number of aryl methyl sites for hydroxylation is 2. The highest BCUT2D eigenvalue weighted by atomic mass is 32.2. The van der Waals surface area contributed by atoms with E-state index in [0.717, 1.165) is 23.1 Å². The van der Waals surface area contributed by atoms with Gasteiger partial charge in [-0.3, -0.25) is 0 Å². The molecule has 1 aromatic carbocycles. The van der Waals surface area contributed by atoms with E-state index in [0.29, 0.717) is 0 Å². The van der Waals surface area contributed by atoms with Crippen LogP contribution >= 0.6 is 0 Å². The minimum atomic E-state index is -3.37. The highest BCUT2D eigenvalue weighted by Gasteiger charge is 2.24. The van der Waals surface area contributed by atoms with Crippen LogP contribution in [0, 0.1) is 0 Å². The van der Waals surface area contributed by atoms with E-state index in [1.807, 2.05) is 59.2 Å². The quantitative estimate of drug-likeness (QED) is 0.518. The second-order valence-corrected chi connectivity index (χ2v) is 6.45. The first kappa shape index (κ1) is 14.4. The summed E-state index contributed by atoms with van der Waals surface area (Å²) >= 11 is 0. The standard InChI is InChI=1S/C12H18N5O2S/c1-9(13-14-15-20(4,18)19)12-16(2)10-7-5-6-8-11(10)17(12)3/h5-9H,1-4H3,(H,13,15)/q+1. The summed E-state index contributed by atoms with van der Waals surface area (Å²) in [5.41, 5.74) is 2.17. The second kappa shape index (κ2) is 5.20. The van der Waals surface area contributed by atoms with Gasteiger partial charge in [0.05, 0.1) is 20.4 Å². The molecule has 0 fully saturated rings. The minimum absolute atomic E-state index is 0.272. The van der Waals surface area contributed by atoms with Gasteiger partial charge in [0.1, 0.15) is 0 Å². The summed E-state index contributed by atoms with van der Waals surface area (Å²) < 4.78 is 26.0. The summed E-state index contributed by atoms with van der Waals surface area (Å²) in [5.74, 6) is 0.935.